The van der Waals surface area contributed by atoms with Crippen LogP contribution in [0.3, 0.4) is 0 Å². The lowest BCUT2D eigenvalue weighted by Gasteiger charge is -2.31. The molecule has 0 radical (unpaired) electrons. The first-order chi connectivity index (χ1) is 8.70. The Morgan fingerprint density at radius 2 is 1.58 bits per heavy atom. The number of hydrogen-bond acceptors (Lipinski definition) is 4. The molecule has 1 atom stereocenters. The Balaban J connectivity index is 3.73. The van der Waals surface area contributed by atoms with Crippen molar-refractivity contribution >= 4 is 16.6 Å². The summed E-state index contributed by atoms with van der Waals surface area (Å²) in [5.74, 6) is 0. The molecular weight excluding hydrogens is 276 g/mol. The number of hydrogen-bond donors (Lipinski definition) is 0. The van der Waals surface area contributed by atoms with Gasteiger partial charge in [-0.05, 0) is 45.2 Å². The highest BCUT2D eigenvalue weighted by Crippen LogP contribution is 2.19. The third kappa shape index (κ3) is 11.8. The lowest BCUT2D eigenvalue weighted by Crippen LogP contribution is -2.42. The van der Waals surface area contributed by atoms with Gasteiger partial charge < -0.3 is 18.3 Å². The minimum Gasteiger partial charge on any atom is -0.456 e. The van der Waals surface area contributed by atoms with Gasteiger partial charge in [-0.2, -0.15) is 0 Å². The molecule has 4 nitrogen and oxygen atoms in total. The fourth-order valence-electron chi connectivity index (χ4n) is 2.06. The van der Waals surface area contributed by atoms with Crippen molar-refractivity contribution in [3.05, 3.63) is 0 Å². The monoisotopic (exact) mass is 308 g/mol. The van der Waals surface area contributed by atoms with E-state index in [2.05, 4.69) is 32.7 Å². The van der Waals surface area contributed by atoms with Crippen molar-refractivity contribution in [2.45, 2.75) is 51.3 Å². The van der Waals surface area contributed by atoms with Gasteiger partial charge in [0.2, 0.25) is 0 Å². The fraction of sp³-hybridized carbons (Fsp3) is 1.00. The zero-order chi connectivity index (χ0) is 14.9. The summed E-state index contributed by atoms with van der Waals surface area (Å²) in [7, 11) is 0.435. The van der Waals surface area contributed by atoms with E-state index in [1.54, 1.807) is 14.2 Å². The molecular formula is C13H32O4Si2. The summed E-state index contributed by atoms with van der Waals surface area (Å²) in [4.78, 5) is 0. The van der Waals surface area contributed by atoms with Crippen LogP contribution in [0.15, 0.2) is 0 Å². The lowest BCUT2D eigenvalue weighted by molar-refractivity contribution is -0.0301. The van der Waals surface area contributed by atoms with Crippen LogP contribution in [0, 0.1) is 0 Å². The van der Waals surface area contributed by atoms with Crippen molar-refractivity contribution in [2.24, 2.45) is 0 Å². The zero-order valence-electron chi connectivity index (χ0n) is 13.7. The van der Waals surface area contributed by atoms with Crippen molar-refractivity contribution in [3.8, 4) is 0 Å². The molecule has 6 heteroatoms. The predicted octanol–water partition coefficient (Wildman–Crippen LogP) is 3.11. The summed E-state index contributed by atoms with van der Waals surface area (Å²) in [6.45, 7) is 13.3. The van der Waals surface area contributed by atoms with E-state index < -0.39 is 16.6 Å². The second-order valence-electron chi connectivity index (χ2n) is 6.47. The zero-order valence-corrected chi connectivity index (χ0v) is 15.7. The van der Waals surface area contributed by atoms with Gasteiger partial charge in [-0.1, -0.05) is 0 Å². The molecule has 0 aliphatic heterocycles. The topological polar surface area (TPSA) is 36.9 Å². The molecule has 0 N–H and O–H groups in total. The molecule has 1 unspecified atom stereocenters. The maximum absolute atomic E-state index is 6.29. The Morgan fingerprint density at radius 3 is 2.05 bits per heavy atom. The summed E-state index contributed by atoms with van der Waals surface area (Å²) in [5.41, 5.74) is 0. The SMILES string of the molecule is COCC(COCCC[Si](C)(C)O[Si](C)(C)C)OC. The molecule has 0 fully saturated rings. The second-order valence-corrected chi connectivity index (χ2v) is 15.5. The Bertz CT molecular complexity index is 229. The maximum Gasteiger partial charge on any atom is 0.173 e. The molecule has 0 bridgehead atoms. The van der Waals surface area contributed by atoms with Crippen LogP contribution < -0.4 is 0 Å². The van der Waals surface area contributed by atoms with E-state index in [0.717, 1.165) is 19.1 Å². The van der Waals surface area contributed by atoms with Crippen molar-refractivity contribution in [2.75, 3.05) is 34.0 Å². The number of methoxy groups -OCH3 is 2. The van der Waals surface area contributed by atoms with Gasteiger partial charge in [0.1, 0.15) is 6.10 Å². The van der Waals surface area contributed by atoms with E-state index in [4.69, 9.17) is 18.3 Å². The van der Waals surface area contributed by atoms with Gasteiger partial charge in [0, 0.05) is 20.8 Å². The standard InChI is InChI=1S/C13H32O4Si2/c1-14-11-13(15-2)12-16-9-8-10-19(6,7)17-18(3,4)5/h13H,8-12H2,1-7H3. The van der Waals surface area contributed by atoms with Crippen molar-refractivity contribution in [1.82, 2.24) is 0 Å². The van der Waals surface area contributed by atoms with E-state index >= 15 is 0 Å². The van der Waals surface area contributed by atoms with Crippen LogP contribution in [-0.2, 0) is 18.3 Å². The Kier molecular flexibility index (Phi) is 9.39. The first-order valence-electron chi connectivity index (χ1n) is 7.00. The molecule has 116 valence electrons. The molecule has 0 aromatic rings. The van der Waals surface area contributed by atoms with E-state index in [-0.39, 0.29) is 6.10 Å². The Morgan fingerprint density at radius 1 is 0.947 bits per heavy atom. The third-order valence-electron chi connectivity index (χ3n) is 2.64. The van der Waals surface area contributed by atoms with Crippen molar-refractivity contribution in [3.63, 3.8) is 0 Å². The lowest BCUT2D eigenvalue weighted by atomic mass is 10.4. The molecule has 0 aliphatic carbocycles. The summed E-state index contributed by atoms with van der Waals surface area (Å²) < 4.78 is 22.2. The largest absolute Gasteiger partial charge is 0.456 e. The average molecular weight is 309 g/mol. The minimum atomic E-state index is -1.51. The first-order valence-corrected chi connectivity index (χ1v) is 13.5. The van der Waals surface area contributed by atoms with Gasteiger partial charge in [-0.25, -0.2) is 0 Å². The van der Waals surface area contributed by atoms with Crippen LogP contribution in [-0.4, -0.2) is 56.8 Å². The maximum atomic E-state index is 6.29. The first kappa shape index (κ1) is 19.3. The molecule has 0 aromatic heterocycles. The molecule has 0 aliphatic rings. The summed E-state index contributed by atoms with van der Waals surface area (Å²) in [5, 5.41) is 0. The molecule has 0 aromatic carbocycles. The highest BCUT2D eigenvalue weighted by Gasteiger charge is 2.28. The summed E-state index contributed by atoms with van der Waals surface area (Å²) in [6.07, 6.45) is 1.10. The molecule has 0 saturated carbocycles. The fourth-order valence-corrected chi connectivity index (χ4v) is 10.1. The van der Waals surface area contributed by atoms with E-state index in [9.17, 15) is 0 Å². The normalized spacial score (nSPS) is 14.7. The van der Waals surface area contributed by atoms with Crippen LogP contribution in [0.25, 0.3) is 0 Å². The molecule has 19 heavy (non-hydrogen) atoms. The van der Waals surface area contributed by atoms with Crippen LogP contribution in [0.1, 0.15) is 6.42 Å². The number of ether oxygens (including phenoxy) is 3. The number of rotatable bonds is 11. The van der Waals surface area contributed by atoms with Gasteiger partial charge in [0.05, 0.1) is 13.2 Å². The van der Waals surface area contributed by atoms with Crippen LogP contribution in [0.2, 0.25) is 38.8 Å². The van der Waals surface area contributed by atoms with Crippen LogP contribution in [0.5, 0.6) is 0 Å². The Hall–Kier alpha value is 0.274. The third-order valence-corrected chi connectivity index (χ3v) is 8.86. The van der Waals surface area contributed by atoms with Gasteiger partial charge in [0.15, 0.2) is 16.6 Å². The van der Waals surface area contributed by atoms with Crippen LogP contribution in [0.4, 0.5) is 0 Å². The molecule has 0 heterocycles. The van der Waals surface area contributed by atoms with Crippen molar-refractivity contribution in [1.29, 1.82) is 0 Å². The van der Waals surface area contributed by atoms with Gasteiger partial charge >= 0.3 is 0 Å². The molecule has 0 amide bonds. The van der Waals surface area contributed by atoms with Crippen LogP contribution >= 0.6 is 0 Å². The van der Waals surface area contributed by atoms with E-state index in [1.807, 2.05) is 0 Å². The summed E-state index contributed by atoms with van der Waals surface area (Å²) >= 11 is 0. The Labute approximate surface area is 121 Å². The quantitative estimate of drug-likeness (QED) is 0.434. The highest BCUT2D eigenvalue weighted by atomic mass is 28.4. The average Bonchev–Trinajstić information content (AvgIpc) is 2.23. The molecule has 0 saturated heterocycles. The van der Waals surface area contributed by atoms with Gasteiger partial charge in [-0.3, -0.25) is 0 Å². The van der Waals surface area contributed by atoms with Crippen molar-refractivity contribution < 1.29 is 18.3 Å². The molecule has 0 rings (SSSR count). The van der Waals surface area contributed by atoms with Gasteiger partial charge in [0.25, 0.3) is 0 Å². The summed E-state index contributed by atoms with van der Waals surface area (Å²) in [6, 6.07) is 1.15. The van der Waals surface area contributed by atoms with E-state index in [0.29, 0.717) is 13.2 Å². The van der Waals surface area contributed by atoms with E-state index in [1.165, 1.54) is 0 Å². The smallest absolute Gasteiger partial charge is 0.173 e. The molecule has 0 spiro atoms. The minimum absolute atomic E-state index is 0.0356. The second kappa shape index (κ2) is 9.25. The highest BCUT2D eigenvalue weighted by molar-refractivity contribution is 6.84. The van der Waals surface area contributed by atoms with Gasteiger partial charge in [-0.15, -0.1) is 0 Å². The predicted molar refractivity (Wildman–Crippen MR) is 84.8 cm³/mol.